The van der Waals surface area contributed by atoms with Crippen molar-refractivity contribution in [2.45, 2.75) is 24.8 Å². The lowest BCUT2D eigenvalue weighted by Crippen LogP contribution is -2.54. The Kier molecular flexibility index (Phi) is 3.04. The van der Waals surface area contributed by atoms with Crippen LogP contribution in [0.3, 0.4) is 0 Å². The Bertz CT molecular complexity index is 550. The van der Waals surface area contributed by atoms with E-state index >= 15 is 0 Å². The molecule has 0 radical (unpaired) electrons. The highest BCUT2D eigenvalue weighted by Gasteiger charge is 2.37. The van der Waals surface area contributed by atoms with Gasteiger partial charge in [0.15, 0.2) is 0 Å². The lowest BCUT2D eigenvalue weighted by molar-refractivity contribution is 0.0858. The summed E-state index contributed by atoms with van der Waals surface area (Å²) in [5.41, 5.74) is -0.158. The molecule has 3 rings (SSSR count). The van der Waals surface area contributed by atoms with Gasteiger partial charge in [-0.2, -0.15) is 0 Å². The number of amides is 1. The maximum absolute atomic E-state index is 12.2. The van der Waals surface area contributed by atoms with Crippen LogP contribution in [0.25, 0.3) is 10.1 Å². The Morgan fingerprint density at radius 2 is 2.17 bits per heavy atom. The van der Waals surface area contributed by atoms with Crippen molar-refractivity contribution in [3.05, 3.63) is 35.2 Å². The van der Waals surface area contributed by atoms with Crippen LogP contribution in [0.15, 0.2) is 30.3 Å². The number of carbonyl (C=O) groups is 1. The van der Waals surface area contributed by atoms with Gasteiger partial charge in [0.1, 0.15) is 0 Å². The Morgan fingerprint density at radius 1 is 1.39 bits per heavy atom. The van der Waals surface area contributed by atoms with Gasteiger partial charge in [-0.1, -0.05) is 18.2 Å². The minimum atomic E-state index is -0.158. The van der Waals surface area contributed by atoms with E-state index in [-0.39, 0.29) is 11.4 Å². The third-order valence-electron chi connectivity index (χ3n) is 3.59. The van der Waals surface area contributed by atoms with Crippen molar-refractivity contribution in [3.8, 4) is 0 Å². The van der Waals surface area contributed by atoms with Crippen LogP contribution >= 0.6 is 22.9 Å². The molecule has 0 unspecified atom stereocenters. The summed E-state index contributed by atoms with van der Waals surface area (Å²) in [4.78, 5) is 13.0. The number of fused-ring (bicyclic) bond motifs is 1. The summed E-state index contributed by atoms with van der Waals surface area (Å²) in [6.45, 7) is 0. The molecule has 1 amide bonds. The zero-order valence-corrected chi connectivity index (χ0v) is 11.5. The molecular formula is C14H14ClNOS. The number of halogens is 1. The average Bonchev–Trinajstić information content (AvgIpc) is 2.77. The second-order valence-corrected chi connectivity index (χ2v) is 6.22. The monoisotopic (exact) mass is 279 g/mol. The highest BCUT2D eigenvalue weighted by molar-refractivity contribution is 7.20. The fourth-order valence-corrected chi connectivity index (χ4v) is 3.58. The number of hydrogen-bond donors (Lipinski definition) is 1. The molecule has 1 aromatic carbocycles. The molecule has 94 valence electrons. The lowest BCUT2D eigenvalue weighted by atomic mass is 9.78. The molecule has 0 bridgehead atoms. The predicted octanol–water partition coefficient (Wildman–Crippen LogP) is 3.79. The highest BCUT2D eigenvalue weighted by atomic mass is 35.5. The van der Waals surface area contributed by atoms with E-state index in [1.807, 2.05) is 30.3 Å². The summed E-state index contributed by atoms with van der Waals surface area (Å²) < 4.78 is 1.15. The van der Waals surface area contributed by atoms with Gasteiger partial charge in [0.2, 0.25) is 0 Å². The van der Waals surface area contributed by atoms with Crippen molar-refractivity contribution in [1.29, 1.82) is 0 Å². The van der Waals surface area contributed by atoms with Gasteiger partial charge in [-0.25, -0.2) is 0 Å². The van der Waals surface area contributed by atoms with E-state index in [9.17, 15) is 4.79 Å². The maximum Gasteiger partial charge on any atom is 0.261 e. The highest BCUT2D eigenvalue weighted by Crippen LogP contribution is 2.34. The second-order valence-electron chi connectivity index (χ2n) is 4.87. The van der Waals surface area contributed by atoms with Crippen molar-refractivity contribution in [1.82, 2.24) is 5.32 Å². The van der Waals surface area contributed by atoms with Gasteiger partial charge in [0, 0.05) is 10.6 Å². The first-order chi connectivity index (χ1) is 8.72. The number of rotatable bonds is 3. The fraction of sp³-hybridized carbons (Fsp3) is 0.357. The number of hydrogen-bond acceptors (Lipinski definition) is 2. The van der Waals surface area contributed by atoms with E-state index in [4.69, 9.17) is 11.6 Å². The van der Waals surface area contributed by atoms with Gasteiger partial charge < -0.3 is 5.32 Å². The van der Waals surface area contributed by atoms with E-state index in [0.29, 0.717) is 5.88 Å². The number of thiophene rings is 1. The Labute approximate surface area is 115 Å². The zero-order valence-electron chi connectivity index (χ0n) is 9.91. The fourth-order valence-electron chi connectivity index (χ4n) is 2.29. The van der Waals surface area contributed by atoms with E-state index in [1.54, 1.807) is 0 Å². The average molecular weight is 280 g/mol. The predicted molar refractivity (Wildman–Crippen MR) is 76.6 cm³/mol. The molecule has 1 saturated carbocycles. The van der Waals surface area contributed by atoms with Crippen LogP contribution in [-0.2, 0) is 0 Å². The summed E-state index contributed by atoms with van der Waals surface area (Å²) in [6, 6.07) is 10.0. The molecule has 18 heavy (non-hydrogen) atoms. The minimum Gasteiger partial charge on any atom is -0.345 e. The Hall–Kier alpha value is -1.06. The number of carbonyl (C=O) groups excluding carboxylic acids is 1. The Balaban J connectivity index is 1.83. The standard InChI is InChI=1S/C14H14ClNOS/c15-9-14(6-3-7-14)16-13(17)12-8-10-4-1-2-5-11(10)18-12/h1-2,4-5,8H,3,6-7,9H2,(H,16,17). The van der Waals surface area contributed by atoms with Gasteiger partial charge >= 0.3 is 0 Å². The third-order valence-corrected chi connectivity index (χ3v) is 5.22. The molecular weight excluding hydrogens is 266 g/mol. The summed E-state index contributed by atoms with van der Waals surface area (Å²) in [5, 5.41) is 4.22. The largest absolute Gasteiger partial charge is 0.345 e. The minimum absolute atomic E-state index is 0.0107. The Morgan fingerprint density at radius 3 is 2.78 bits per heavy atom. The molecule has 4 heteroatoms. The summed E-state index contributed by atoms with van der Waals surface area (Å²) >= 11 is 7.50. The van der Waals surface area contributed by atoms with Gasteiger partial charge in [-0.15, -0.1) is 22.9 Å². The number of alkyl halides is 1. The zero-order chi connectivity index (χ0) is 12.6. The van der Waals surface area contributed by atoms with Crippen molar-refractivity contribution >= 4 is 38.9 Å². The number of benzene rings is 1. The third kappa shape index (κ3) is 2.02. The SMILES string of the molecule is O=C(NC1(CCl)CCC1)c1cc2ccccc2s1. The van der Waals surface area contributed by atoms with Crippen LogP contribution < -0.4 is 5.32 Å². The molecule has 1 aliphatic rings. The van der Waals surface area contributed by atoms with Crippen molar-refractivity contribution in [2.75, 3.05) is 5.88 Å². The molecule has 0 saturated heterocycles. The molecule has 1 N–H and O–H groups in total. The molecule has 0 atom stereocenters. The van der Waals surface area contributed by atoms with Gasteiger partial charge in [-0.3, -0.25) is 4.79 Å². The first kappa shape index (κ1) is 12.0. The summed E-state index contributed by atoms with van der Waals surface area (Å²) in [6.07, 6.45) is 3.14. The van der Waals surface area contributed by atoms with Crippen LogP contribution in [0, 0.1) is 0 Å². The van der Waals surface area contributed by atoms with Crippen molar-refractivity contribution < 1.29 is 4.79 Å². The van der Waals surface area contributed by atoms with E-state index in [2.05, 4.69) is 5.32 Å². The molecule has 0 spiro atoms. The van der Waals surface area contributed by atoms with Crippen molar-refractivity contribution in [2.24, 2.45) is 0 Å². The topological polar surface area (TPSA) is 29.1 Å². The molecule has 2 aromatic rings. The van der Waals surface area contributed by atoms with E-state index < -0.39 is 0 Å². The quantitative estimate of drug-likeness (QED) is 0.851. The van der Waals surface area contributed by atoms with Crippen LogP contribution in [0.4, 0.5) is 0 Å². The number of nitrogens with one attached hydrogen (secondary N) is 1. The van der Waals surface area contributed by atoms with Crippen molar-refractivity contribution in [3.63, 3.8) is 0 Å². The molecule has 1 heterocycles. The lowest BCUT2D eigenvalue weighted by Gasteiger charge is -2.40. The van der Waals surface area contributed by atoms with E-state index in [0.717, 1.165) is 34.2 Å². The van der Waals surface area contributed by atoms with Gasteiger partial charge in [0.05, 0.1) is 10.4 Å². The van der Waals surface area contributed by atoms with Crippen LogP contribution in [0.5, 0.6) is 0 Å². The van der Waals surface area contributed by atoms with E-state index in [1.165, 1.54) is 11.3 Å². The molecule has 1 aliphatic carbocycles. The molecule has 1 aromatic heterocycles. The van der Waals surface area contributed by atoms with Gasteiger partial charge in [-0.05, 0) is 36.8 Å². The first-order valence-electron chi connectivity index (χ1n) is 6.09. The molecule has 0 aliphatic heterocycles. The first-order valence-corrected chi connectivity index (χ1v) is 7.45. The second kappa shape index (κ2) is 4.56. The van der Waals surface area contributed by atoms with Crippen LogP contribution in [0.2, 0.25) is 0 Å². The molecule has 1 fully saturated rings. The normalized spacial score (nSPS) is 17.4. The molecule has 2 nitrogen and oxygen atoms in total. The summed E-state index contributed by atoms with van der Waals surface area (Å²) in [5.74, 6) is 0.514. The van der Waals surface area contributed by atoms with Crippen LogP contribution in [0.1, 0.15) is 28.9 Å². The van der Waals surface area contributed by atoms with Crippen LogP contribution in [-0.4, -0.2) is 17.3 Å². The maximum atomic E-state index is 12.2. The smallest absolute Gasteiger partial charge is 0.261 e. The van der Waals surface area contributed by atoms with Gasteiger partial charge in [0.25, 0.3) is 5.91 Å². The summed E-state index contributed by atoms with van der Waals surface area (Å²) in [7, 11) is 0.